The molecule has 0 saturated carbocycles. The van der Waals surface area contributed by atoms with Gasteiger partial charge < -0.3 is 4.74 Å². The molecule has 0 fully saturated rings. The van der Waals surface area contributed by atoms with Crippen LogP contribution in [0.1, 0.15) is 11.1 Å². The molecule has 1 aromatic carbocycles. The zero-order chi connectivity index (χ0) is 10.6. The molecule has 0 aliphatic rings. The molecule has 0 spiro atoms. The van der Waals surface area contributed by atoms with Crippen LogP contribution in [0.3, 0.4) is 0 Å². The van der Waals surface area contributed by atoms with Crippen molar-refractivity contribution in [3.05, 3.63) is 42.0 Å². The van der Waals surface area contributed by atoms with Gasteiger partial charge in [0.25, 0.3) is 0 Å². The lowest BCUT2D eigenvalue weighted by molar-refractivity contribution is -0.0500. The van der Waals surface area contributed by atoms with Crippen molar-refractivity contribution >= 4 is 0 Å². The number of alkyl halides is 2. The lowest BCUT2D eigenvalue weighted by Crippen LogP contribution is -2.04. The minimum atomic E-state index is -2.94. The molecule has 71 valence electrons. The standard InChI is InChI=1S/C10H6F2NO/c1-2-7-4-3-5-9(8(7)6-13)14-10(11)12/h3-5,10H,1H2. The smallest absolute Gasteiger partial charge is 0.387 e. The SMILES string of the molecule is C=[C]c1cccc(OC(F)F)c1C#N. The van der Waals surface area contributed by atoms with Crippen molar-refractivity contribution in [2.24, 2.45) is 0 Å². The molecule has 4 heteroatoms. The zero-order valence-electron chi connectivity index (χ0n) is 7.13. The van der Waals surface area contributed by atoms with Crippen molar-refractivity contribution in [1.29, 1.82) is 5.26 Å². The molecule has 0 aromatic heterocycles. The van der Waals surface area contributed by atoms with E-state index in [2.05, 4.69) is 17.4 Å². The van der Waals surface area contributed by atoms with Crippen LogP contribution in [0.25, 0.3) is 0 Å². The molecule has 1 aromatic rings. The first-order valence-electron chi connectivity index (χ1n) is 3.70. The second kappa shape index (κ2) is 4.38. The Balaban J connectivity index is 3.17. The van der Waals surface area contributed by atoms with Crippen LogP contribution in [0.15, 0.2) is 24.8 Å². The maximum atomic E-state index is 11.9. The average molecular weight is 194 g/mol. The maximum Gasteiger partial charge on any atom is 0.387 e. The van der Waals surface area contributed by atoms with E-state index in [0.717, 1.165) is 0 Å². The van der Waals surface area contributed by atoms with Gasteiger partial charge in [0.05, 0.1) is 0 Å². The van der Waals surface area contributed by atoms with Crippen LogP contribution in [0.2, 0.25) is 0 Å². The summed E-state index contributed by atoms with van der Waals surface area (Å²) < 4.78 is 28.0. The van der Waals surface area contributed by atoms with Gasteiger partial charge in [-0.2, -0.15) is 14.0 Å². The number of hydrogen-bond donors (Lipinski definition) is 0. The highest BCUT2D eigenvalue weighted by Crippen LogP contribution is 2.23. The number of rotatable bonds is 3. The summed E-state index contributed by atoms with van der Waals surface area (Å²) in [7, 11) is 0. The molecular weight excluding hydrogens is 188 g/mol. The molecule has 0 amide bonds. The molecule has 0 heterocycles. The number of benzene rings is 1. The van der Waals surface area contributed by atoms with Crippen molar-refractivity contribution in [2.75, 3.05) is 0 Å². The molecule has 2 nitrogen and oxygen atoms in total. The second-order valence-corrected chi connectivity index (χ2v) is 2.35. The van der Waals surface area contributed by atoms with E-state index in [1.807, 2.05) is 0 Å². The third-order valence-electron chi connectivity index (χ3n) is 1.54. The van der Waals surface area contributed by atoms with Gasteiger partial charge in [-0.1, -0.05) is 18.7 Å². The summed E-state index contributed by atoms with van der Waals surface area (Å²) in [6.07, 6.45) is 2.46. The normalized spacial score (nSPS) is 9.57. The minimum absolute atomic E-state index is 0.0165. The monoisotopic (exact) mass is 194 g/mol. The molecular formula is C10H6F2NO. The number of nitriles is 1. The van der Waals surface area contributed by atoms with Crippen LogP contribution in [-0.2, 0) is 0 Å². The van der Waals surface area contributed by atoms with Gasteiger partial charge in [0.1, 0.15) is 17.4 Å². The van der Waals surface area contributed by atoms with E-state index in [-0.39, 0.29) is 11.3 Å². The van der Waals surface area contributed by atoms with Gasteiger partial charge in [-0.3, -0.25) is 0 Å². The Morgan fingerprint density at radius 3 is 2.64 bits per heavy atom. The van der Waals surface area contributed by atoms with Gasteiger partial charge in [-0.05, 0) is 12.1 Å². The van der Waals surface area contributed by atoms with Crippen LogP contribution in [0.5, 0.6) is 5.75 Å². The van der Waals surface area contributed by atoms with E-state index in [4.69, 9.17) is 5.26 Å². The van der Waals surface area contributed by atoms with Crippen LogP contribution in [0, 0.1) is 17.4 Å². The van der Waals surface area contributed by atoms with Crippen molar-refractivity contribution in [1.82, 2.24) is 0 Å². The molecule has 1 rings (SSSR count). The van der Waals surface area contributed by atoms with Gasteiger partial charge in [-0.15, -0.1) is 0 Å². The fourth-order valence-corrected chi connectivity index (χ4v) is 0.988. The van der Waals surface area contributed by atoms with Crippen LogP contribution in [-0.4, -0.2) is 6.61 Å². The zero-order valence-corrected chi connectivity index (χ0v) is 7.13. The third-order valence-corrected chi connectivity index (χ3v) is 1.54. The fraction of sp³-hybridized carbons (Fsp3) is 0.100. The molecule has 0 aliphatic heterocycles. The predicted molar refractivity (Wildman–Crippen MR) is 45.8 cm³/mol. The van der Waals surface area contributed by atoms with Crippen molar-refractivity contribution in [3.63, 3.8) is 0 Å². The number of ether oxygens (including phenoxy) is 1. The average Bonchev–Trinajstić information content (AvgIpc) is 2.16. The van der Waals surface area contributed by atoms with E-state index >= 15 is 0 Å². The van der Waals surface area contributed by atoms with Crippen molar-refractivity contribution in [2.45, 2.75) is 6.61 Å². The molecule has 0 unspecified atom stereocenters. The topological polar surface area (TPSA) is 33.0 Å². The Morgan fingerprint density at radius 1 is 1.43 bits per heavy atom. The quantitative estimate of drug-likeness (QED) is 0.740. The molecule has 14 heavy (non-hydrogen) atoms. The highest BCUT2D eigenvalue weighted by atomic mass is 19.3. The molecule has 0 N–H and O–H groups in total. The summed E-state index contributed by atoms with van der Waals surface area (Å²) in [6, 6.07) is 6.09. The molecule has 0 bridgehead atoms. The Bertz CT molecular complexity index is 382. The maximum absolute atomic E-state index is 11.9. The van der Waals surface area contributed by atoms with E-state index in [1.54, 1.807) is 12.1 Å². The van der Waals surface area contributed by atoms with Gasteiger partial charge in [0.2, 0.25) is 0 Å². The molecule has 0 atom stereocenters. The van der Waals surface area contributed by atoms with Crippen LogP contribution < -0.4 is 4.74 Å². The highest BCUT2D eigenvalue weighted by Gasteiger charge is 2.11. The first-order chi connectivity index (χ1) is 6.69. The Labute approximate surface area is 80.0 Å². The number of nitrogens with zero attached hydrogens (tertiary/aromatic N) is 1. The lowest BCUT2D eigenvalue weighted by atomic mass is 10.1. The summed E-state index contributed by atoms with van der Waals surface area (Å²) in [5, 5.41) is 8.70. The summed E-state index contributed by atoms with van der Waals surface area (Å²) in [5.41, 5.74) is 0.369. The Morgan fingerprint density at radius 2 is 2.14 bits per heavy atom. The molecule has 0 aliphatic carbocycles. The summed E-state index contributed by atoms with van der Waals surface area (Å²) in [4.78, 5) is 0. The number of hydrogen-bond acceptors (Lipinski definition) is 2. The Hall–Kier alpha value is -1.89. The third kappa shape index (κ3) is 2.07. The lowest BCUT2D eigenvalue weighted by Gasteiger charge is -2.07. The van der Waals surface area contributed by atoms with E-state index in [0.29, 0.717) is 5.56 Å². The first-order valence-corrected chi connectivity index (χ1v) is 3.70. The highest BCUT2D eigenvalue weighted by molar-refractivity contribution is 5.50. The fourth-order valence-electron chi connectivity index (χ4n) is 0.988. The first kappa shape index (κ1) is 10.2. The predicted octanol–water partition coefficient (Wildman–Crippen LogP) is 2.50. The summed E-state index contributed by atoms with van der Waals surface area (Å²) in [6.45, 7) is 0.398. The largest absolute Gasteiger partial charge is 0.433 e. The molecule has 1 radical (unpaired) electrons. The van der Waals surface area contributed by atoms with Crippen molar-refractivity contribution < 1.29 is 13.5 Å². The molecule has 0 saturated heterocycles. The van der Waals surface area contributed by atoms with E-state index < -0.39 is 6.61 Å². The van der Waals surface area contributed by atoms with E-state index in [9.17, 15) is 8.78 Å². The second-order valence-electron chi connectivity index (χ2n) is 2.35. The van der Waals surface area contributed by atoms with Gasteiger partial charge in [-0.25, -0.2) is 0 Å². The summed E-state index contributed by atoms with van der Waals surface area (Å²) in [5.74, 6) is -0.156. The van der Waals surface area contributed by atoms with Gasteiger partial charge in [0.15, 0.2) is 0 Å². The van der Waals surface area contributed by atoms with E-state index in [1.165, 1.54) is 12.1 Å². The Kier molecular flexibility index (Phi) is 3.19. The summed E-state index contributed by atoms with van der Waals surface area (Å²) >= 11 is 0. The minimum Gasteiger partial charge on any atom is -0.433 e. The van der Waals surface area contributed by atoms with Gasteiger partial charge in [0, 0.05) is 5.56 Å². The van der Waals surface area contributed by atoms with Gasteiger partial charge >= 0.3 is 6.61 Å². The number of halogens is 2. The van der Waals surface area contributed by atoms with Crippen LogP contribution >= 0.6 is 0 Å². The van der Waals surface area contributed by atoms with Crippen molar-refractivity contribution in [3.8, 4) is 11.8 Å². The van der Waals surface area contributed by atoms with Crippen LogP contribution in [0.4, 0.5) is 8.78 Å².